The second-order valence-electron chi connectivity index (χ2n) is 7.89. The first-order valence-corrected chi connectivity index (χ1v) is 13.8. The molecule has 3 heterocycles. The minimum atomic E-state index is -0.453. The van der Waals surface area contributed by atoms with Crippen LogP contribution in [0, 0.1) is 11.3 Å². The summed E-state index contributed by atoms with van der Waals surface area (Å²) in [5.74, 6) is -0.0477. The summed E-state index contributed by atoms with van der Waals surface area (Å²) in [6.45, 7) is 2.00. The predicted molar refractivity (Wildman–Crippen MR) is 147 cm³/mol. The summed E-state index contributed by atoms with van der Waals surface area (Å²) in [6, 6.07) is 22.6. The number of carbonyl (C=O) groups is 2. The molecule has 0 N–H and O–H groups in total. The summed E-state index contributed by atoms with van der Waals surface area (Å²) in [6.07, 6.45) is 1.90. The number of aromatic nitrogens is 1. The Bertz CT molecular complexity index is 1660. The molecular weight excluding hydrogens is 556 g/mol. The van der Waals surface area contributed by atoms with E-state index >= 15 is 0 Å². The minimum absolute atomic E-state index is 0.150. The Morgan fingerprint density at radius 1 is 1.08 bits per heavy atom. The quantitative estimate of drug-likeness (QED) is 0.114. The largest absolute Gasteiger partial charge is 0.462 e. The average molecular weight is 576 g/mol. The molecule has 0 amide bonds. The number of fused-ring (bicyclic) bond motifs is 3. The molecular formula is C28H19BrN2O3S2. The summed E-state index contributed by atoms with van der Waals surface area (Å²) >= 11 is 6.35. The highest BCUT2D eigenvalue weighted by molar-refractivity contribution is 9.10. The fraction of sp³-hybridized carbons (Fsp3) is 0.107. The maximum Gasteiger partial charge on any atom is 0.341 e. The van der Waals surface area contributed by atoms with Gasteiger partial charge in [0.25, 0.3) is 0 Å². The van der Waals surface area contributed by atoms with Crippen LogP contribution in [0.3, 0.4) is 0 Å². The van der Waals surface area contributed by atoms with E-state index in [0.717, 1.165) is 19.8 Å². The molecule has 36 heavy (non-hydrogen) atoms. The van der Waals surface area contributed by atoms with Gasteiger partial charge in [-0.15, -0.1) is 23.1 Å². The number of hydrogen-bond donors (Lipinski definition) is 0. The van der Waals surface area contributed by atoms with Crippen LogP contribution in [0.2, 0.25) is 0 Å². The van der Waals surface area contributed by atoms with E-state index in [1.54, 1.807) is 36.9 Å². The predicted octanol–water partition coefficient (Wildman–Crippen LogP) is 7.49. The lowest BCUT2D eigenvalue weighted by molar-refractivity contribution is 0.0531. The number of thioether (sulfide) groups is 1. The van der Waals surface area contributed by atoms with Crippen molar-refractivity contribution in [3.05, 3.63) is 105 Å². The van der Waals surface area contributed by atoms with Gasteiger partial charge in [0.05, 0.1) is 43.9 Å². The van der Waals surface area contributed by atoms with Crippen molar-refractivity contribution in [2.45, 2.75) is 16.9 Å². The van der Waals surface area contributed by atoms with Crippen LogP contribution in [0.25, 0.3) is 16.4 Å². The van der Waals surface area contributed by atoms with E-state index in [0.29, 0.717) is 38.2 Å². The first-order valence-electron chi connectivity index (χ1n) is 11.2. The molecule has 0 radical (unpaired) electrons. The van der Waals surface area contributed by atoms with Gasteiger partial charge in [0.2, 0.25) is 5.78 Å². The number of benzene rings is 2. The monoisotopic (exact) mass is 574 g/mol. The van der Waals surface area contributed by atoms with Gasteiger partial charge in [0, 0.05) is 27.4 Å². The third-order valence-corrected chi connectivity index (χ3v) is 8.76. The number of hydrogen-bond acceptors (Lipinski definition) is 6. The van der Waals surface area contributed by atoms with Gasteiger partial charge in [-0.05, 0) is 55.0 Å². The number of ether oxygens (including phenoxy) is 1. The zero-order chi connectivity index (χ0) is 25.2. The fourth-order valence-electron chi connectivity index (χ4n) is 4.12. The molecule has 0 aliphatic heterocycles. The minimum Gasteiger partial charge on any atom is -0.462 e. The SMILES string of the molecule is CCOC(=O)c1c2c(C(=O)c3ccc(Br)cc3)sc(SCc3ccccc3C#N)c2n2ccccc12. The van der Waals surface area contributed by atoms with Crippen LogP contribution in [-0.4, -0.2) is 22.8 Å². The van der Waals surface area contributed by atoms with Crippen molar-refractivity contribution < 1.29 is 14.3 Å². The molecule has 3 aromatic heterocycles. The van der Waals surface area contributed by atoms with Crippen molar-refractivity contribution in [3.63, 3.8) is 0 Å². The van der Waals surface area contributed by atoms with Crippen molar-refractivity contribution in [1.82, 2.24) is 4.40 Å². The summed E-state index contributed by atoms with van der Waals surface area (Å²) in [5.41, 5.74) is 3.97. The van der Waals surface area contributed by atoms with Gasteiger partial charge < -0.3 is 9.14 Å². The number of nitriles is 1. The maximum atomic E-state index is 13.8. The molecule has 0 spiro atoms. The van der Waals surface area contributed by atoms with E-state index in [1.165, 1.54) is 11.3 Å². The third-order valence-electron chi connectivity index (χ3n) is 5.75. The second-order valence-corrected chi connectivity index (χ2v) is 11.1. The van der Waals surface area contributed by atoms with Crippen LogP contribution in [0.1, 0.15) is 43.6 Å². The third kappa shape index (κ3) is 4.35. The van der Waals surface area contributed by atoms with Crippen LogP contribution in [0.15, 0.2) is 81.6 Å². The topological polar surface area (TPSA) is 71.6 Å². The van der Waals surface area contributed by atoms with Gasteiger partial charge in [-0.2, -0.15) is 5.26 Å². The number of halogens is 1. The number of carbonyl (C=O) groups excluding carboxylic acids is 2. The van der Waals surface area contributed by atoms with E-state index in [2.05, 4.69) is 22.0 Å². The molecule has 5 aromatic rings. The van der Waals surface area contributed by atoms with Crippen molar-refractivity contribution in [2.24, 2.45) is 0 Å². The Kier molecular flexibility index (Phi) is 6.97. The Labute approximate surface area is 224 Å². The van der Waals surface area contributed by atoms with E-state index in [1.807, 2.05) is 59.1 Å². The number of esters is 1. The lowest BCUT2D eigenvalue weighted by Gasteiger charge is -2.05. The zero-order valence-electron chi connectivity index (χ0n) is 19.2. The number of ketones is 1. The van der Waals surface area contributed by atoms with Gasteiger partial charge in [-0.3, -0.25) is 4.79 Å². The Balaban J connectivity index is 1.73. The highest BCUT2D eigenvalue weighted by atomic mass is 79.9. The number of pyridine rings is 1. The van der Waals surface area contributed by atoms with E-state index in [9.17, 15) is 14.9 Å². The number of thiophene rings is 1. The maximum absolute atomic E-state index is 13.8. The van der Waals surface area contributed by atoms with Gasteiger partial charge >= 0.3 is 5.97 Å². The summed E-state index contributed by atoms with van der Waals surface area (Å²) in [5, 5.41) is 10.1. The number of rotatable bonds is 7. The number of nitrogens with zero attached hydrogens (tertiary/aromatic N) is 2. The molecule has 0 aliphatic rings. The highest BCUT2D eigenvalue weighted by Crippen LogP contribution is 2.44. The summed E-state index contributed by atoms with van der Waals surface area (Å²) in [4.78, 5) is 27.4. The van der Waals surface area contributed by atoms with Crippen molar-refractivity contribution in [3.8, 4) is 6.07 Å². The normalized spacial score (nSPS) is 11.0. The van der Waals surface area contributed by atoms with Crippen LogP contribution < -0.4 is 0 Å². The molecule has 0 atom stereocenters. The molecule has 0 aliphatic carbocycles. The van der Waals surface area contributed by atoms with Crippen LogP contribution in [-0.2, 0) is 10.5 Å². The van der Waals surface area contributed by atoms with Crippen LogP contribution >= 0.6 is 39.0 Å². The fourth-order valence-corrected chi connectivity index (χ4v) is 6.92. The van der Waals surface area contributed by atoms with Gasteiger partial charge in [0.15, 0.2) is 0 Å². The van der Waals surface area contributed by atoms with Gasteiger partial charge in [0.1, 0.15) is 0 Å². The van der Waals surface area contributed by atoms with Crippen LogP contribution in [0.4, 0.5) is 0 Å². The lowest BCUT2D eigenvalue weighted by atomic mass is 10.1. The molecule has 0 unspecified atom stereocenters. The Hall–Kier alpha value is -3.38. The Morgan fingerprint density at radius 2 is 1.83 bits per heavy atom. The Morgan fingerprint density at radius 3 is 2.58 bits per heavy atom. The summed E-state index contributed by atoms with van der Waals surface area (Å²) < 4.78 is 9.15. The standard InChI is InChI=1S/C28H19BrN2O3S2/c1-2-34-27(33)22-21-9-5-6-14-31(21)24-23(22)26(25(32)17-10-12-20(29)13-11-17)36-28(24)35-16-19-8-4-3-7-18(19)15-30/h3-14H,2,16H2,1H3. The first kappa shape index (κ1) is 24.3. The molecule has 0 bridgehead atoms. The molecule has 2 aromatic carbocycles. The molecule has 0 fully saturated rings. The molecule has 5 nitrogen and oxygen atoms in total. The van der Waals surface area contributed by atoms with Gasteiger partial charge in [-0.25, -0.2) is 4.79 Å². The first-order chi connectivity index (χ1) is 17.5. The summed E-state index contributed by atoms with van der Waals surface area (Å²) in [7, 11) is 0. The molecule has 8 heteroatoms. The van der Waals surface area contributed by atoms with E-state index in [-0.39, 0.29) is 12.4 Å². The van der Waals surface area contributed by atoms with E-state index < -0.39 is 5.97 Å². The van der Waals surface area contributed by atoms with Crippen molar-refractivity contribution in [1.29, 1.82) is 5.26 Å². The van der Waals surface area contributed by atoms with Crippen LogP contribution in [0.5, 0.6) is 0 Å². The smallest absolute Gasteiger partial charge is 0.341 e. The van der Waals surface area contributed by atoms with Crippen molar-refractivity contribution in [2.75, 3.05) is 6.61 Å². The average Bonchev–Trinajstić information content (AvgIpc) is 3.43. The van der Waals surface area contributed by atoms with E-state index in [4.69, 9.17) is 4.74 Å². The van der Waals surface area contributed by atoms with Gasteiger partial charge in [-0.1, -0.05) is 40.2 Å². The molecule has 5 rings (SSSR count). The lowest BCUT2D eigenvalue weighted by Crippen LogP contribution is -2.06. The van der Waals surface area contributed by atoms with Crippen molar-refractivity contribution >= 4 is 67.2 Å². The molecule has 178 valence electrons. The highest BCUT2D eigenvalue weighted by Gasteiger charge is 2.29. The molecule has 0 saturated heterocycles. The second kappa shape index (κ2) is 10.3. The zero-order valence-corrected chi connectivity index (χ0v) is 22.4. The molecule has 0 saturated carbocycles.